The van der Waals surface area contributed by atoms with Crippen molar-refractivity contribution in [3.8, 4) is 0 Å². The van der Waals surface area contributed by atoms with Crippen LogP contribution in [-0.2, 0) is 14.4 Å². The van der Waals surface area contributed by atoms with Gasteiger partial charge in [-0.05, 0) is 6.42 Å². The Balaban J connectivity index is 1.91. The van der Waals surface area contributed by atoms with Crippen molar-refractivity contribution in [2.75, 3.05) is 20.1 Å². The molecule has 0 radical (unpaired) electrons. The number of likely N-dealkylation sites (N-methyl/N-ethyl adjacent to an activating group) is 1. The van der Waals surface area contributed by atoms with E-state index in [1.54, 1.807) is 0 Å². The number of likely N-dealkylation sites (tertiary alicyclic amines) is 2. The molecule has 2 aliphatic rings. The molecular formula is C11H15N3O5. The van der Waals surface area contributed by atoms with Crippen molar-refractivity contribution >= 4 is 23.8 Å². The van der Waals surface area contributed by atoms with E-state index in [1.807, 2.05) is 0 Å². The van der Waals surface area contributed by atoms with Crippen LogP contribution in [0.25, 0.3) is 0 Å². The van der Waals surface area contributed by atoms with Crippen molar-refractivity contribution in [3.63, 3.8) is 0 Å². The molecule has 2 unspecified atom stereocenters. The Kier molecular flexibility index (Phi) is 3.41. The molecule has 19 heavy (non-hydrogen) atoms. The molecule has 2 aliphatic heterocycles. The third-order valence-electron chi connectivity index (χ3n) is 3.50. The lowest BCUT2D eigenvalue weighted by molar-refractivity contribution is -0.141. The van der Waals surface area contributed by atoms with Crippen molar-refractivity contribution in [1.29, 1.82) is 0 Å². The lowest BCUT2D eigenvalue weighted by Crippen LogP contribution is -2.47. The fourth-order valence-corrected chi connectivity index (χ4v) is 2.25. The minimum Gasteiger partial charge on any atom is -0.481 e. The Morgan fingerprint density at radius 3 is 2.53 bits per heavy atom. The van der Waals surface area contributed by atoms with Crippen LogP contribution in [0.2, 0.25) is 0 Å². The van der Waals surface area contributed by atoms with Crippen LogP contribution >= 0.6 is 0 Å². The van der Waals surface area contributed by atoms with E-state index in [0.29, 0.717) is 13.0 Å². The average Bonchev–Trinajstić information content (AvgIpc) is 2.92. The van der Waals surface area contributed by atoms with Crippen LogP contribution in [0.5, 0.6) is 0 Å². The summed E-state index contributed by atoms with van der Waals surface area (Å²) in [5.74, 6) is -2.26. The Morgan fingerprint density at radius 2 is 2.05 bits per heavy atom. The first kappa shape index (κ1) is 13.3. The molecule has 2 atom stereocenters. The van der Waals surface area contributed by atoms with Crippen LogP contribution in [0.1, 0.15) is 12.8 Å². The third kappa shape index (κ3) is 2.51. The fourth-order valence-electron chi connectivity index (χ4n) is 2.25. The van der Waals surface area contributed by atoms with Crippen molar-refractivity contribution in [2.24, 2.45) is 5.92 Å². The molecule has 2 heterocycles. The summed E-state index contributed by atoms with van der Waals surface area (Å²) in [6, 6.07) is -1.33. The molecule has 4 amide bonds. The van der Waals surface area contributed by atoms with Crippen molar-refractivity contribution in [1.82, 2.24) is 15.1 Å². The lowest BCUT2D eigenvalue weighted by atomic mass is 10.1. The highest BCUT2D eigenvalue weighted by Gasteiger charge is 2.39. The minimum absolute atomic E-state index is 0.0444. The Hall–Kier alpha value is -2.12. The van der Waals surface area contributed by atoms with Crippen molar-refractivity contribution in [2.45, 2.75) is 18.9 Å². The van der Waals surface area contributed by atoms with Crippen molar-refractivity contribution in [3.05, 3.63) is 0 Å². The molecule has 8 nitrogen and oxygen atoms in total. The summed E-state index contributed by atoms with van der Waals surface area (Å²) >= 11 is 0. The highest BCUT2D eigenvalue weighted by molar-refractivity contribution is 6.06. The van der Waals surface area contributed by atoms with E-state index in [9.17, 15) is 19.2 Å². The number of aliphatic carboxylic acids is 1. The highest BCUT2D eigenvalue weighted by atomic mass is 16.4. The maximum absolute atomic E-state index is 11.9. The van der Waals surface area contributed by atoms with E-state index >= 15 is 0 Å². The SMILES string of the molecule is CN1C(=O)CC(NC(=O)N2CCC(C(=O)O)C2)C1=O. The Morgan fingerprint density at radius 1 is 1.37 bits per heavy atom. The van der Waals surface area contributed by atoms with Gasteiger partial charge in [0.25, 0.3) is 5.91 Å². The molecule has 0 aliphatic carbocycles. The first-order valence-corrected chi connectivity index (χ1v) is 5.98. The first-order valence-electron chi connectivity index (χ1n) is 5.98. The maximum atomic E-state index is 11.9. The smallest absolute Gasteiger partial charge is 0.318 e. The molecule has 0 aromatic carbocycles. The van der Waals surface area contributed by atoms with Gasteiger partial charge in [0.15, 0.2) is 0 Å². The Labute approximate surface area is 109 Å². The predicted molar refractivity (Wildman–Crippen MR) is 62.0 cm³/mol. The quantitative estimate of drug-likeness (QED) is 0.616. The van der Waals surface area contributed by atoms with Gasteiger partial charge < -0.3 is 15.3 Å². The van der Waals surface area contributed by atoms with Crippen LogP contribution in [0.4, 0.5) is 4.79 Å². The molecule has 0 bridgehead atoms. The number of nitrogens with one attached hydrogen (secondary N) is 1. The number of hydrogen-bond acceptors (Lipinski definition) is 4. The summed E-state index contributed by atoms with van der Waals surface area (Å²) in [5.41, 5.74) is 0. The van der Waals surface area contributed by atoms with Gasteiger partial charge in [-0.3, -0.25) is 19.3 Å². The molecule has 104 valence electrons. The molecule has 2 fully saturated rings. The molecule has 0 spiro atoms. The van der Waals surface area contributed by atoms with E-state index in [4.69, 9.17) is 5.11 Å². The van der Waals surface area contributed by atoms with Crippen LogP contribution in [0.15, 0.2) is 0 Å². The number of amides is 4. The summed E-state index contributed by atoms with van der Waals surface area (Å²) in [6.07, 6.45) is 0.359. The number of carbonyl (C=O) groups is 4. The number of rotatable bonds is 2. The highest BCUT2D eigenvalue weighted by Crippen LogP contribution is 2.17. The second-order valence-electron chi connectivity index (χ2n) is 4.77. The topological polar surface area (TPSA) is 107 Å². The lowest BCUT2D eigenvalue weighted by Gasteiger charge is -2.19. The zero-order valence-electron chi connectivity index (χ0n) is 10.5. The molecule has 2 saturated heterocycles. The standard InChI is InChI=1S/C11H15N3O5/c1-13-8(15)4-7(9(13)16)12-11(19)14-3-2-6(5-14)10(17)18/h6-7H,2-5H2,1H3,(H,12,19)(H,17,18). The summed E-state index contributed by atoms with van der Waals surface area (Å²) in [6.45, 7) is 0.472. The molecular weight excluding hydrogens is 254 g/mol. The van der Waals surface area contributed by atoms with Crippen LogP contribution < -0.4 is 5.32 Å². The molecule has 2 rings (SSSR count). The normalized spacial score (nSPS) is 27.0. The molecule has 0 aromatic rings. The van der Waals surface area contributed by atoms with Gasteiger partial charge >= 0.3 is 12.0 Å². The van der Waals surface area contributed by atoms with Crippen LogP contribution in [0.3, 0.4) is 0 Å². The second-order valence-corrected chi connectivity index (χ2v) is 4.77. The second kappa shape index (κ2) is 4.87. The monoisotopic (exact) mass is 269 g/mol. The largest absolute Gasteiger partial charge is 0.481 e. The summed E-state index contributed by atoms with van der Waals surface area (Å²) < 4.78 is 0. The minimum atomic E-state index is -0.929. The van der Waals surface area contributed by atoms with Gasteiger partial charge in [-0.25, -0.2) is 4.79 Å². The molecule has 8 heteroatoms. The first-order chi connectivity index (χ1) is 8.90. The van der Waals surface area contributed by atoms with Gasteiger partial charge in [0.05, 0.1) is 12.3 Å². The van der Waals surface area contributed by atoms with Crippen LogP contribution in [0, 0.1) is 5.92 Å². The zero-order valence-corrected chi connectivity index (χ0v) is 10.5. The molecule has 0 saturated carbocycles. The van der Waals surface area contributed by atoms with Gasteiger partial charge in [-0.1, -0.05) is 0 Å². The van der Waals surface area contributed by atoms with Crippen LogP contribution in [-0.4, -0.2) is 64.9 Å². The van der Waals surface area contributed by atoms with E-state index in [2.05, 4.69) is 5.32 Å². The van der Waals surface area contributed by atoms with Gasteiger partial charge in [0.2, 0.25) is 5.91 Å². The van der Waals surface area contributed by atoms with Gasteiger partial charge in [0, 0.05) is 20.1 Å². The number of imide groups is 1. The zero-order chi connectivity index (χ0) is 14.2. The van der Waals surface area contributed by atoms with E-state index in [-0.39, 0.29) is 18.9 Å². The number of urea groups is 1. The van der Waals surface area contributed by atoms with Gasteiger partial charge in [0.1, 0.15) is 6.04 Å². The number of carbonyl (C=O) groups excluding carboxylic acids is 3. The fraction of sp³-hybridized carbons (Fsp3) is 0.636. The number of hydrogen-bond donors (Lipinski definition) is 2. The van der Waals surface area contributed by atoms with Gasteiger partial charge in [-0.15, -0.1) is 0 Å². The number of carboxylic acid groups (broad SMARTS) is 1. The van der Waals surface area contributed by atoms with E-state index in [0.717, 1.165) is 4.90 Å². The maximum Gasteiger partial charge on any atom is 0.318 e. The number of nitrogens with zero attached hydrogens (tertiary/aromatic N) is 2. The Bertz CT molecular complexity index is 450. The predicted octanol–water partition coefficient (Wildman–Crippen LogP) is -1.14. The average molecular weight is 269 g/mol. The number of carboxylic acids is 1. The summed E-state index contributed by atoms with van der Waals surface area (Å²) in [7, 11) is 1.37. The van der Waals surface area contributed by atoms with Crippen molar-refractivity contribution < 1.29 is 24.3 Å². The summed E-state index contributed by atoms with van der Waals surface area (Å²) in [5, 5.41) is 11.3. The molecule has 0 aromatic heterocycles. The van der Waals surface area contributed by atoms with E-state index in [1.165, 1.54) is 11.9 Å². The van der Waals surface area contributed by atoms with Gasteiger partial charge in [-0.2, -0.15) is 0 Å². The molecule has 2 N–H and O–H groups in total. The third-order valence-corrected chi connectivity index (χ3v) is 3.50. The van der Waals surface area contributed by atoms with E-state index < -0.39 is 29.9 Å². The summed E-state index contributed by atoms with van der Waals surface area (Å²) in [4.78, 5) is 47.9.